The van der Waals surface area contributed by atoms with E-state index in [-0.39, 0.29) is 11.6 Å². The third kappa shape index (κ3) is 3.85. The predicted octanol–water partition coefficient (Wildman–Crippen LogP) is 3.95. The molecule has 1 aromatic heterocycles. The lowest BCUT2D eigenvalue weighted by Crippen LogP contribution is -2.24. The normalized spacial score (nSPS) is 12.4. The van der Waals surface area contributed by atoms with Crippen molar-refractivity contribution in [2.24, 2.45) is 0 Å². The third-order valence-corrected chi connectivity index (χ3v) is 3.53. The average molecular weight is 290 g/mol. The fourth-order valence-electron chi connectivity index (χ4n) is 2.43. The summed E-state index contributed by atoms with van der Waals surface area (Å²) in [6.45, 7) is 4.24. The molecule has 2 aromatic rings. The molecule has 0 saturated carbocycles. The molecule has 21 heavy (non-hydrogen) atoms. The minimum Gasteiger partial charge on any atom is -0.310 e. The number of nitrogens with zero attached hydrogens (tertiary/aromatic N) is 1. The molecule has 0 spiro atoms. The summed E-state index contributed by atoms with van der Waals surface area (Å²) >= 11 is 0. The van der Waals surface area contributed by atoms with Crippen molar-refractivity contribution in [1.29, 1.82) is 0 Å². The Morgan fingerprint density at radius 1 is 1.19 bits per heavy atom. The number of nitrogens with one attached hydrogen (secondary N) is 1. The second-order valence-corrected chi connectivity index (χ2v) is 5.06. The zero-order valence-corrected chi connectivity index (χ0v) is 12.4. The van der Waals surface area contributed by atoms with Crippen molar-refractivity contribution in [3.8, 4) is 0 Å². The van der Waals surface area contributed by atoms with E-state index in [1.54, 1.807) is 13.1 Å². The maximum Gasteiger partial charge on any atom is 0.133 e. The maximum atomic E-state index is 14.3. The van der Waals surface area contributed by atoms with Gasteiger partial charge in [-0.05, 0) is 50.1 Å². The van der Waals surface area contributed by atoms with Crippen LogP contribution in [0.4, 0.5) is 8.78 Å². The molecule has 0 saturated heterocycles. The van der Waals surface area contributed by atoms with Crippen LogP contribution >= 0.6 is 0 Å². The van der Waals surface area contributed by atoms with Gasteiger partial charge in [0, 0.05) is 23.5 Å². The first-order valence-electron chi connectivity index (χ1n) is 7.21. The van der Waals surface area contributed by atoms with Crippen LogP contribution < -0.4 is 5.32 Å². The Hall–Kier alpha value is -1.81. The summed E-state index contributed by atoms with van der Waals surface area (Å²) < 4.78 is 28.3. The summed E-state index contributed by atoms with van der Waals surface area (Å²) in [5.74, 6) is -0.952. The summed E-state index contributed by atoms with van der Waals surface area (Å²) in [4.78, 5) is 4.25. The maximum absolute atomic E-state index is 14.3. The van der Waals surface area contributed by atoms with Crippen LogP contribution in [0.3, 0.4) is 0 Å². The van der Waals surface area contributed by atoms with Gasteiger partial charge in [0.2, 0.25) is 0 Å². The van der Waals surface area contributed by atoms with Gasteiger partial charge >= 0.3 is 0 Å². The lowest BCUT2D eigenvalue weighted by molar-refractivity contribution is 0.451. The SMILES string of the molecule is CCNC(CCc1ccccn1)c1c(F)ccc(C)c1F. The van der Waals surface area contributed by atoms with Crippen molar-refractivity contribution in [3.63, 3.8) is 0 Å². The summed E-state index contributed by atoms with van der Waals surface area (Å²) in [6.07, 6.45) is 3.00. The molecule has 0 aliphatic rings. The standard InChI is InChI=1S/C17H20F2N2/c1-3-20-15(10-8-13-6-4-5-11-21-13)16-14(18)9-7-12(2)17(16)19/h4-7,9,11,15,20H,3,8,10H2,1-2H3. The summed E-state index contributed by atoms with van der Waals surface area (Å²) in [6, 6.07) is 8.14. The van der Waals surface area contributed by atoms with Crippen LogP contribution in [-0.2, 0) is 6.42 Å². The van der Waals surface area contributed by atoms with E-state index < -0.39 is 11.6 Å². The number of benzene rings is 1. The van der Waals surface area contributed by atoms with E-state index in [0.717, 1.165) is 5.69 Å². The Kier molecular flexibility index (Phi) is 5.39. The van der Waals surface area contributed by atoms with Crippen LogP contribution in [0.5, 0.6) is 0 Å². The average Bonchev–Trinajstić information content (AvgIpc) is 2.50. The van der Waals surface area contributed by atoms with E-state index >= 15 is 0 Å². The number of hydrogen-bond acceptors (Lipinski definition) is 2. The smallest absolute Gasteiger partial charge is 0.133 e. The Morgan fingerprint density at radius 3 is 2.67 bits per heavy atom. The Bertz CT molecular complexity index is 585. The topological polar surface area (TPSA) is 24.9 Å². The van der Waals surface area contributed by atoms with Crippen LogP contribution in [0.1, 0.15) is 36.2 Å². The molecule has 0 aliphatic carbocycles. The zero-order valence-electron chi connectivity index (χ0n) is 12.4. The molecule has 1 aromatic carbocycles. The lowest BCUT2D eigenvalue weighted by atomic mass is 9.97. The minimum atomic E-state index is -0.495. The van der Waals surface area contributed by atoms with Crippen LogP contribution in [-0.4, -0.2) is 11.5 Å². The van der Waals surface area contributed by atoms with Gasteiger partial charge in [-0.3, -0.25) is 4.98 Å². The zero-order chi connectivity index (χ0) is 15.2. The molecule has 1 atom stereocenters. The highest BCUT2D eigenvalue weighted by Crippen LogP contribution is 2.26. The summed E-state index contributed by atoms with van der Waals surface area (Å²) in [7, 11) is 0. The molecule has 1 N–H and O–H groups in total. The largest absolute Gasteiger partial charge is 0.310 e. The van der Waals surface area contributed by atoms with E-state index in [1.807, 2.05) is 25.1 Å². The Balaban J connectivity index is 2.21. The van der Waals surface area contributed by atoms with Gasteiger partial charge in [0.1, 0.15) is 11.6 Å². The first-order chi connectivity index (χ1) is 10.1. The van der Waals surface area contributed by atoms with Gasteiger partial charge in [0.05, 0.1) is 0 Å². The van der Waals surface area contributed by atoms with Crippen molar-refractivity contribution in [2.75, 3.05) is 6.54 Å². The van der Waals surface area contributed by atoms with Crippen LogP contribution in [0.25, 0.3) is 0 Å². The van der Waals surface area contributed by atoms with E-state index in [9.17, 15) is 8.78 Å². The quantitative estimate of drug-likeness (QED) is 0.871. The molecule has 2 rings (SSSR count). The van der Waals surface area contributed by atoms with Crippen molar-refractivity contribution < 1.29 is 8.78 Å². The monoisotopic (exact) mass is 290 g/mol. The molecule has 0 radical (unpaired) electrons. The number of halogens is 2. The minimum absolute atomic E-state index is 0.132. The molecule has 0 amide bonds. The molecular weight excluding hydrogens is 270 g/mol. The molecule has 0 bridgehead atoms. The first kappa shape index (κ1) is 15.6. The molecule has 1 unspecified atom stereocenters. The van der Waals surface area contributed by atoms with Crippen LogP contribution in [0.15, 0.2) is 36.5 Å². The number of aromatic nitrogens is 1. The van der Waals surface area contributed by atoms with Gasteiger partial charge < -0.3 is 5.32 Å². The molecule has 2 nitrogen and oxygen atoms in total. The van der Waals surface area contributed by atoms with E-state index in [2.05, 4.69) is 10.3 Å². The van der Waals surface area contributed by atoms with Gasteiger partial charge in [-0.1, -0.05) is 19.1 Å². The molecule has 4 heteroatoms. The molecule has 0 aliphatic heterocycles. The van der Waals surface area contributed by atoms with Crippen molar-refractivity contribution in [3.05, 3.63) is 65.0 Å². The van der Waals surface area contributed by atoms with E-state index in [1.165, 1.54) is 12.1 Å². The van der Waals surface area contributed by atoms with Gasteiger partial charge in [-0.2, -0.15) is 0 Å². The number of rotatable bonds is 6. The van der Waals surface area contributed by atoms with Gasteiger partial charge in [-0.15, -0.1) is 0 Å². The van der Waals surface area contributed by atoms with Gasteiger partial charge in [-0.25, -0.2) is 8.78 Å². The lowest BCUT2D eigenvalue weighted by Gasteiger charge is -2.20. The van der Waals surface area contributed by atoms with Crippen molar-refractivity contribution in [1.82, 2.24) is 10.3 Å². The predicted molar refractivity (Wildman–Crippen MR) is 80.1 cm³/mol. The summed E-state index contributed by atoms with van der Waals surface area (Å²) in [5.41, 5.74) is 1.52. The highest BCUT2D eigenvalue weighted by molar-refractivity contribution is 5.29. The fraction of sp³-hybridized carbons (Fsp3) is 0.353. The highest BCUT2D eigenvalue weighted by atomic mass is 19.1. The Morgan fingerprint density at radius 2 is 2.00 bits per heavy atom. The molecular formula is C17H20F2N2. The second kappa shape index (κ2) is 7.27. The first-order valence-corrected chi connectivity index (χ1v) is 7.21. The van der Waals surface area contributed by atoms with Crippen molar-refractivity contribution >= 4 is 0 Å². The molecule has 1 heterocycles. The highest BCUT2D eigenvalue weighted by Gasteiger charge is 2.20. The van der Waals surface area contributed by atoms with Crippen LogP contribution in [0, 0.1) is 18.6 Å². The second-order valence-electron chi connectivity index (χ2n) is 5.06. The molecule has 0 fully saturated rings. The van der Waals surface area contributed by atoms with Gasteiger partial charge in [0.15, 0.2) is 0 Å². The van der Waals surface area contributed by atoms with Gasteiger partial charge in [0.25, 0.3) is 0 Å². The van der Waals surface area contributed by atoms with Crippen LogP contribution in [0.2, 0.25) is 0 Å². The van der Waals surface area contributed by atoms with Crippen molar-refractivity contribution in [2.45, 2.75) is 32.7 Å². The summed E-state index contributed by atoms with van der Waals surface area (Å²) in [5, 5.41) is 3.17. The fourth-order valence-corrected chi connectivity index (χ4v) is 2.43. The van der Waals surface area contributed by atoms with E-state index in [4.69, 9.17) is 0 Å². The van der Waals surface area contributed by atoms with E-state index in [0.29, 0.717) is 24.9 Å². The third-order valence-electron chi connectivity index (χ3n) is 3.53. The number of hydrogen-bond donors (Lipinski definition) is 1. The number of aryl methyl sites for hydroxylation is 2. The Labute approximate surface area is 124 Å². The molecule has 112 valence electrons. The number of pyridine rings is 1.